The summed E-state index contributed by atoms with van der Waals surface area (Å²) >= 11 is 0. The van der Waals surface area contributed by atoms with Gasteiger partial charge in [-0.25, -0.2) is 4.98 Å². The SMILES string of the molecule is CC(C)CC(N)c1nc2ccccc2n1CCCCOc1ccccc1. The van der Waals surface area contributed by atoms with E-state index in [1.807, 2.05) is 36.4 Å². The Morgan fingerprint density at radius 3 is 2.50 bits per heavy atom. The van der Waals surface area contributed by atoms with Crippen LogP contribution in [0.4, 0.5) is 0 Å². The summed E-state index contributed by atoms with van der Waals surface area (Å²) in [4.78, 5) is 4.82. The molecule has 4 heteroatoms. The van der Waals surface area contributed by atoms with E-state index in [2.05, 4.69) is 36.6 Å². The third-order valence-corrected chi connectivity index (χ3v) is 4.53. The molecular formula is C22H29N3O. The van der Waals surface area contributed by atoms with Gasteiger partial charge in [0.25, 0.3) is 0 Å². The Balaban J connectivity index is 1.64. The maximum Gasteiger partial charge on any atom is 0.126 e. The topological polar surface area (TPSA) is 53.1 Å². The molecule has 0 aliphatic rings. The molecule has 1 unspecified atom stereocenters. The lowest BCUT2D eigenvalue weighted by Gasteiger charge is -2.16. The number of para-hydroxylation sites is 3. The predicted octanol–water partition coefficient (Wildman–Crippen LogP) is 4.94. The molecule has 0 fully saturated rings. The number of hydrogen-bond acceptors (Lipinski definition) is 3. The summed E-state index contributed by atoms with van der Waals surface area (Å²) < 4.78 is 8.09. The van der Waals surface area contributed by atoms with Gasteiger partial charge in [0.1, 0.15) is 11.6 Å². The number of nitrogens with two attached hydrogens (primary N) is 1. The molecule has 0 amide bonds. The molecule has 3 rings (SSSR count). The third kappa shape index (κ3) is 4.64. The fourth-order valence-electron chi connectivity index (χ4n) is 3.30. The molecule has 0 aliphatic carbocycles. The fraction of sp³-hybridized carbons (Fsp3) is 0.409. The number of benzene rings is 2. The Labute approximate surface area is 156 Å². The van der Waals surface area contributed by atoms with Crippen molar-refractivity contribution in [1.29, 1.82) is 0 Å². The highest BCUT2D eigenvalue weighted by atomic mass is 16.5. The van der Waals surface area contributed by atoms with E-state index in [1.165, 1.54) is 5.52 Å². The molecule has 4 nitrogen and oxygen atoms in total. The van der Waals surface area contributed by atoms with E-state index in [0.29, 0.717) is 5.92 Å². The molecule has 0 saturated heterocycles. The zero-order valence-corrected chi connectivity index (χ0v) is 15.8. The number of rotatable bonds is 9. The summed E-state index contributed by atoms with van der Waals surface area (Å²) in [6.07, 6.45) is 2.98. The normalized spacial score (nSPS) is 12.6. The zero-order valence-electron chi connectivity index (χ0n) is 15.8. The first-order valence-corrected chi connectivity index (χ1v) is 9.53. The van der Waals surface area contributed by atoms with Crippen LogP contribution in [0.5, 0.6) is 5.75 Å². The van der Waals surface area contributed by atoms with Crippen molar-refractivity contribution in [3.05, 3.63) is 60.4 Å². The molecular weight excluding hydrogens is 322 g/mol. The lowest BCUT2D eigenvalue weighted by Crippen LogP contribution is -2.19. The molecule has 1 aromatic heterocycles. The van der Waals surface area contributed by atoms with Gasteiger partial charge in [-0.2, -0.15) is 0 Å². The van der Waals surface area contributed by atoms with Gasteiger partial charge < -0.3 is 15.0 Å². The summed E-state index contributed by atoms with van der Waals surface area (Å²) in [6.45, 7) is 6.05. The molecule has 2 aromatic carbocycles. The van der Waals surface area contributed by atoms with Gasteiger partial charge in [-0.15, -0.1) is 0 Å². The Bertz CT molecular complexity index is 811. The van der Waals surface area contributed by atoms with E-state index in [9.17, 15) is 0 Å². The number of nitrogens with zero attached hydrogens (tertiary/aromatic N) is 2. The van der Waals surface area contributed by atoms with Crippen molar-refractivity contribution >= 4 is 11.0 Å². The van der Waals surface area contributed by atoms with E-state index in [-0.39, 0.29) is 6.04 Å². The van der Waals surface area contributed by atoms with Crippen LogP contribution in [0.1, 0.15) is 45.0 Å². The molecule has 0 spiro atoms. The predicted molar refractivity (Wildman–Crippen MR) is 107 cm³/mol. The summed E-state index contributed by atoms with van der Waals surface area (Å²) in [5.74, 6) is 2.49. The Morgan fingerprint density at radius 1 is 1.00 bits per heavy atom. The zero-order chi connectivity index (χ0) is 18.4. The van der Waals surface area contributed by atoms with Crippen molar-refractivity contribution in [1.82, 2.24) is 9.55 Å². The number of hydrogen-bond donors (Lipinski definition) is 1. The van der Waals surface area contributed by atoms with Crippen molar-refractivity contribution < 1.29 is 4.74 Å². The largest absolute Gasteiger partial charge is 0.494 e. The van der Waals surface area contributed by atoms with E-state index >= 15 is 0 Å². The van der Waals surface area contributed by atoms with Gasteiger partial charge in [0, 0.05) is 6.54 Å². The Hall–Kier alpha value is -2.33. The summed E-state index contributed by atoms with van der Waals surface area (Å²) in [5.41, 5.74) is 8.66. The Morgan fingerprint density at radius 2 is 1.73 bits per heavy atom. The summed E-state index contributed by atoms with van der Waals surface area (Å²) in [6, 6.07) is 18.2. The monoisotopic (exact) mass is 351 g/mol. The molecule has 138 valence electrons. The second-order valence-corrected chi connectivity index (χ2v) is 7.22. The van der Waals surface area contributed by atoms with Gasteiger partial charge in [-0.05, 0) is 49.4 Å². The van der Waals surface area contributed by atoms with Gasteiger partial charge in [0.2, 0.25) is 0 Å². The van der Waals surface area contributed by atoms with E-state index in [0.717, 1.165) is 49.5 Å². The highest BCUT2D eigenvalue weighted by Crippen LogP contribution is 2.24. The van der Waals surface area contributed by atoms with E-state index in [1.54, 1.807) is 0 Å². The maximum atomic E-state index is 6.46. The van der Waals surface area contributed by atoms with Gasteiger partial charge in [-0.3, -0.25) is 0 Å². The van der Waals surface area contributed by atoms with Crippen LogP contribution in [-0.4, -0.2) is 16.2 Å². The fourth-order valence-corrected chi connectivity index (χ4v) is 3.30. The smallest absolute Gasteiger partial charge is 0.126 e. The highest BCUT2D eigenvalue weighted by molar-refractivity contribution is 5.76. The lowest BCUT2D eigenvalue weighted by atomic mass is 10.0. The van der Waals surface area contributed by atoms with Gasteiger partial charge in [-0.1, -0.05) is 44.2 Å². The van der Waals surface area contributed by atoms with Crippen LogP contribution in [0.15, 0.2) is 54.6 Å². The number of unbranched alkanes of at least 4 members (excludes halogenated alkanes) is 1. The lowest BCUT2D eigenvalue weighted by molar-refractivity contribution is 0.303. The number of fused-ring (bicyclic) bond motifs is 1. The summed E-state index contributed by atoms with van der Waals surface area (Å²) in [5, 5.41) is 0. The highest BCUT2D eigenvalue weighted by Gasteiger charge is 2.17. The van der Waals surface area contributed by atoms with Gasteiger partial charge in [0.05, 0.1) is 23.7 Å². The average molecular weight is 351 g/mol. The average Bonchev–Trinajstić information content (AvgIpc) is 3.01. The second kappa shape index (κ2) is 8.86. The minimum Gasteiger partial charge on any atom is -0.494 e. The number of aryl methyl sites for hydroxylation is 1. The van der Waals surface area contributed by atoms with Crippen LogP contribution in [0.3, 0.4) is 0 Å². The molecule has 0 aliphatic heterocycles. The minimum absolute atomic E-state index is 0.0250. The van der Waals surface area contributed by atoms with Crippen LogP contribution in [-0.2, 0) is 6.54 Å². The third-order valence-electron chi connectivity index (χ3n) is 4.53. The van der Waals surface area contributed by atoms with Crippen LogP contribution in [0, 0.1) is 5.92 Å². The van der Waals surface area contributed by atoms with Crippen LogP contribution < -0.4 is 10.5 Å². The van der Waals surface area contributed by atoms with Crippen LogP contribution in [0.2, 0.25) is 0 Å². The molecule has 0 saturated carbocycles. The van der Waals surface area contributed by atoms with E-state index < -0.39 is 0 Å². The maximum absolute atomic E-state index is 6.46. The first-order chi connectivity index (χ1) is 12.6. The van der Waals surface area contributed by atoms with Crippen molar-refractivity contribution in [3.8, 4) is 5.75 Å². The second-order valence-electron chi connectivity index (χ2n) is 7.22. The first-order valence-electron chi connectivity index (χ1n) is 9.53. The quantitative estimate of drug-likeness (QED) is 0.555. The van der Waals surface area contributed by atoms with Crippen molar-refractivity contribution in [3.63, 3.8) is 0 Å². The van der Waals surface area contributed by atoms with Gasteiger partial charge >= 0.3 is 0 Å². The molecule has 26 heavy (non-hydrogen) atoms. The minimum atomic E-state index is -0.0250. The van der Waals surface area contributed by atoms with E-state index in [4.69, 9.17) is 15.5 Å². The first kappa shape index (κ1) is 18.5. The van der Waals surface area contributed by atoms with Crippen molar-refractivity contribution in [2.75, 3.05) is 6.61 Å². The number of ether oxygens (including phenoxy) is 1. The molecule has 2 N–H and O–H groups in total. The van der Waals surface area contributed by atoms with Crippen LogP contribution >= 0.6 is 0 Å². The van der Waals surface area contributed by atoms with Crippen molar-refractivity contribution in [2.45, 2.75) is 45.7 Å². The van der Waals surface area contributed by atoms with Crippen molar-refractivity contribution in [2.24, 2.45) is 11.7 Å². The van der Waals surface area contributed by atoms with Crippen LogP contribution in [0.25, 0.3) is 11.0 Å². The Kier molecular flexibility index (Phi) is 6.29. The molecule has 0 bridgehead atoms. The number of aromatic nitrogens is 2. The standard InChI is InChI=1S/C22H29N3O/c1-17(2)16-19(23)22-24-20-12-6-7-13-21(20)25(22)14-8-9-15-26-18-10-4-3-5-11-18/h3-7,10-13,17,19H,8-9,14-16,23H2,1-2H3. The summed E-state index contributed by atoms with van der Waals surface area (Å²) in [7, 11) is 0. The molecule has 1 atom stereocenters. The number of imidazole rings is 1. The molecule has 1 heterocycles. The molecule has 0 radical (unpaired) electrons. The van der Waals surface area contributed by atoms with Gasteiger partial charge in [0.15, 0.2) is 0 Å². The molecule has 3 aromatic rings.